The van der Waals surface area contributed by atoms with E-state index in [0.717, 1.165) is 0 Å². The molecule has 0 bridgehead atoms. The Morgan fingerprint density at radius 2 is 1.82 bits per heavy atom. The van der Waals surface area contributed by atoms with E-state index >= 15 is 0 Å². The van der Waals surface area contributed by atoms with E-state index in [1.54, 1.807) is 0 Å². The average Bonchev–Trinajstić information content (AvgIpc) is 2.83. The molecule has 3 rings (SSSR count). The van der Waals surface area contributed by atoms with E-state index in [2.05, 4.69) is 15.3 Å². The first kappa shape index (κ1) is 25.0. The van der Waals surface area contributed by atoms with Crippen LogP contribution in [-0.4, -0.2) is 73.7 Å². The summed E-state index contributed by atoms with van der Waals surface area (Å²) in [6.07, 6.45) is -9.23. The molecule has 9 nitrogen and oxygen atoms in total. The summed E-state index contributed by atoms with van der Waals surface area (Å²) in [7, 11) is 1.28. The molecule has 1 unspecified atom stereocenters. The van der Waals surface area contributed by atoms with Gasteiger partial charge in [-0.1, -0.05) is 11.6 Å². The smallest absolute Gasteiger partial charge is 0.159 e. The number of alkyl halides is 1. The van der Waals surface area contributed by atoms with Crippen LogP contribution in [0.2, 0.25) is 5.02 Å². The SMILES string of the molecule is COc1cc2c(Nc3ccc(F)c(Cl)c3)ncnc2cc1C(O)[C@@H](F)[C@H](O)[C@@H](O)[C@H](O)CO. The van der Waals surface area contributed by atoms with Crippen LogP contribution in [0.25, 0.3) is 10.9 Å². The number of benzene rings is 2. The number of hydrogen-bond donors (Lipinski definition) is 6. The number of hydrogen-bond acceptors (Lipinski definition) is 9. The van der Waals surface area contributed by atoms with Gasteiger partial charge >= 0.3 is 0 Å². The molecule has 0 saturated carbocycles. The highest BCUT2D eigenvalue weighted by molar-refractivity contribution is 6.31. The maximum atomic E-state index is 14.8. The molecule has 33 heavy (non-hydrogen) atoms. The number of aliphatic hydroxyl groups is 5. The second kappa shape index (κ2) is 10.5. The summed E-state index contributed by atoms with van der Waals surface area (Å²) >= 11 is 5.81. The van der Waals surface area contributed by atoms with Gasteiger partial charge in [0.2, 0.25) is 0 Å². The molecule has 0 saturated heterocycles. The number of aliphatic hydroxyl groups excluding tert-OH is 5. The van der Waals surface area contributed by atoms with Crippen LogP contribution in [0.4, 0.5) is 20.3 Å². The van der Waals surface area contributed by atoms with Gasteiger partial charge in [0.05, 0.1) is 24.3 Å². The number of aromatic nitrogens is 2. The minimum atomic E-state index is -2.44. The second-order valence-electron chi connectivity index (χ2n) is 7.21. The van der Waals surface area contributed by atoms with E-state index in [4.69, 9.17) is 21.4 Å². The van der Waals surface area contributed by atoms with Crippen LogP contribution in [0.15, 0.2) is 36.7 Å². The number of fused-ring (bicyclic) bond motifs is 1. The van der Waals surface area contributed by atoms with E-state index in [1.165, 1.54) is 43.8 Å². The fourth-order valence-electron chi connectivity index (χ4n) is 3.20. The Labute approximate surface area is 191 Å². The number of anilines is 2. The van der Waals surface area contributed by atoms with Crippen molar-refractivity contribution in [1.82, 2.24) is 9.97 Å². The predicted molar refractivity (Wildman–Crippen MR) is 116 cm³/mol. The Morgan fingerprint density at radius 1 is 1.09 bits per heavy atom. The molecule has 2 aromatic carbocycles. The number of ether oxygens (including phenoxy) is 1. The van der Waals surface area contributed by atoms with Gasteiger partial charge in [0.15, 0.2) is 6.17 Å². The molecule has 1 heterocycles. The normalized spacial score (nSPS) is 16.2. The Kier molecular flexibility index (Phi) is 7.95. The first-order valence-electron chi connectivity index (χ1n) is 9.69. The van der Waals surface area contributed by atoms with Crippen molar-refractivity contribution in [3.63, 3.8) is 0 Å². The van der Waals surface area contributed by atoms with E-state index in [-0.39, 0.29) is 21.9 Å². The molecule has 1 aromatic heterocycles. The van der Waals surface area contributed by atoms with Crippen LogP contribution in [0.5, 0.6) is 5.75 Å². The summed E-state index contributed by atoms with van der Waals surface area (Å²) in [4.78, 5) is 8.25. The number of rotatable bonds is 9. The first-order valence-corrected chi connectivity index (χ1v) is 10.1. The molecule has 0 aliphatic rings. The molecule has 0 amide bonds. The molecule has 178 valence electrons. The number of nitrogens with one attached hydrogen (secondary N) is 1. The highest BCUT2D eigenvalue weighted by atomic mass is 35.5. The Hall–Kier alpha value is -2.67. The third-order valence-corrected chi connectivity index (χ3v) is 5.34. The van der Waals surface area contributed by atoms with E-state index in [1.807, 2.05) is 0 Å². The third kappa shape index (κ3) is 5.29. The predicted octanol–water partition coefficient (Wildman–Crippen LogP) is 1.62. The van der Waals surface area contributed by atoms with Gasteiger partial charge in [0, 0.05) is 16.6 Å². The van der Waals surface area contributed by atoms with E-state index in [9.17, 15) is 29.2 Å². The van der Waals surface area contributed by atoms with Crippen molar-refractivity contribution in [2.75, 3.05) is 19.0 Å². The van der Waals surface area contributed by atoms with Crippen LogP contribution in [-0.2, 0) is 0 Å². The molecule has 0 spiro atoms. The highest BCUT2D eigenvalue weighted by Gasteiger charge is 2.37. The monoisotopic (exact) mass is 485 g/mol. The fraction of sp³-hybridized carbons (Fsp3) is 0.333. The van der Waals surface area contributed by atoms with Gasteiger partial charge < -0.3 is 35.6 Å². The zero-order valence-corrected chi connectivity index (χ0v) is 18.0. The fourth-order valence-corrected chi connectivity index (χ4v) is 3.38. The lowest BCUT2D eigenvalue weighted by Gasteiger charge is -2.27. The lowest BCUT2D eigenvalue weighted by molar-refractivity contribution is -0.119. The van der Waals surface area contributed by atoms with Crippen LogP contribution < -0.4 is 10.1 Å². The summed E-state index contributed by atoms with van der Waals surface area (Å²) in [6, 6.07) is 6.74. The summed E-state index contributed by atoms with van der Waals surface area (Å²) in [5, 5.41) is 51.9. The average molecular weight is 486 g/mol. The van der Waals surface area contributed by atoms with Gasteiger partial charge in [-0.25, -0.2) is 18.7 Å². The van der Waals surface area contributed by atoms with Crippen molar-refractivity contribution in [2.24, 2.45) is 0 Å². The number of nitrogens with zero attached hydrogens (tertiary/aromatic N) is 2. The summed E-state index contributed by atoms with van der Waals surface area (Å²) < 4.78 is 33.5. The minimum Gasteiger partial charge on any atom is -0.496 e. The highest BCUT2D eigenvalue weighted by Crippen LogP contribution is 2.36. The second-order valence-corrected chi connectivity index (χ2v) is 7.62. The summed E-state index contributed by atoms with van der Waals surface area (Å²) in [6.45, 7) is -0.910. The quantitative estimate of drug-likeness (QED) is 0.266. The van der Waals surface area contributed by atoms with Gasteiger partial charge in [-0.05, 0) is 30.3 Å². The van der Waals surface area contributed by atoms with Crippen LogP contribution in [0.1, 0.15) is 11.7 Å². The van der Waals surface area contributed by atoms with Crippen LogP contribution >= 0.6 is 11.6 Å². The van der Waals surface area contributed by atoms with Gasteiger partial charge in [-0.3, -0.25) is 0 Å². The minimum absolute atomic E-state index is 0.0250. The maximum Gasteiger partial charge on any atom is 0.159 e. The molecular weight excluding hydrogens is 464 g/mol. The van der Waals surface area contributed by atoms with E-state index in [0.29, 0.717) is 16.9 Å². The van der Waals surface area contributed by atoms with Gasteiger partial charge in [-0.15, -0.1) is 0 Å². The number of methoxy groups -OCH3 is 1. The van der Waals surface area contributed by atoms with Crippen molar-refractivity contribution in [2.45, 2.75) is 30.6 Å². The first-order chi connectivity index (χ1) is 15.7. The largest absolute Gasteiger partial charge is 0.496 e. The molecule has 6 N–H and O–H groups in total. The van der Waals surface area contributed by atoms with Crippen molar-refractivity contribution in [3.8, 4) is 5.75 Å². The Bertz CT molecular complexity index is 1120. The maximum absolute atomic E-state index is 14.8. The molecule has 12 heteroatoms. The van der Waals surface area contributed by atoms with Crippen molar-refractivity contribution in [1.29, 1.82) is 0 Å². The van der Waals surface area contributed by atoms with Gasteiger partial charge in [0.25, 0.3) is 0 Å². The van der Waals surface area contributed by atoms with Crippen molar-refractivity contribution < 1.29 is 39.1 Å². The van der Waals surface area contributed by atoms with Gasteiger partial charge in [0.1, 0.15) is 48.1 Å². The molecule has 3 aromatic rings. The van der Waals surface area contributed by atoms with E-state index < -0.39 is 43.0 Å². The molecule has 5 atom stereocenters. The molecule has 0 aliphatic carbocycles. The summed E-state index contributed by atoms with van der Waals surface area (Å²) in [5.41, 5.74) is 0.623. The molecule has 0 aliphatic heterocycles. The Balaban J connectivity index is 1.97. The number of halogens is 3. The van der Waals surface area contributed by atoms with Crippen LogP contribution in [0.3, 0.4) is 0 Å². The topological polar surface area (TPSA) is 148 Å². The summed E-state index contributed by atoms with van der Waals surface area (Å²) in [5.74, 6) is -0.271. The molecule has 0 radical (unpaired) electrons. The van der Waals surface area contributed by atoms with Crippen molar-refractivity contribution >= 4 is 34.0 Å². The van der Waals surface area contributed by atoms with Crippen LogP contribution in [0, 0.1) is 5.82 Å². The zero-order valence-electron chi connectivity index (χ0n) is 17.2. The standard InChI is InChI=1S/C21H22ClF2N3O6/c1-33-16-6-10-14(5-11(16)18(30)17(24)20(32)19(31)15(29)7-28)25-8-26-21(10)27-9-2-3-13(23)12(22)4-9/h2-6,8,15,17-20,28-32H,7H2,1H3,(H,25,26,27)/t15-,17-,18?,19+,20+/m1/s1. The molecular formula is C21H22ClF2N3O6. The third-order valence-electron chi connectivity index (χ3n) is 5.05. The Morgan fingerprint density at radius 3 is 2.45 bits per heavy atom. The lowest BCUT2D eigenvalue weighted by Crippen LogP contribution is -2.46. The lowest BCUT2D eigenvalue weighted by atomic mass is 9.95. The van der Waals surface area contributed by atoms with Crippen molar-refractivity contribution in [3.05, 3.63) is 53.1 Å². The zero-order chi connectivity index (χ0) is 24.3. The molecule has 0 fully saturated rings. The van der Waals surface area contributed by atoms with Gasteiger partial charge in [-0.2, -0.15) is 0 Å².